The van der Waals surface area contributed by atoms with Gasteiger partial charge in [-0.1, -0.05) is 0 Å². The number of benzene rings is 1. The minimum absolute atomic E-state index is 0.140. The average Bonchev–Trinajstić information content (AvgIpc) is 3.14. The predicted octanol–water partition coefficient (Wildman–Crippen LogP) is 2.61. The number of rotatable bonds is 6. The van der Waals surface area contributed by atoms with Crippen molar-refractivity contribution in [3.05, 3.63) is 60.2 Å². The Labute approximate surface area is 161 Å². The van der Waals surface area contributed by atoms with Gasteiger partial charge in [0.2, 0.25) is 0 Å². The minimum Gasteiger partial charge on any atom is -0.497 e. The summed E-state index contributed by atoms with van der Waals surface area (Å²) in [6, 6.07) is 10.9. The van der Waals surface area contributed by atoms with E-state index in [1.54, 1.807) is 42.1 Å². The summed E-state index contributed by atoms with van der Waals surface area (Å²) in [5.74, 6) is 1.88. The van der Waals surface area contributed by atoms with Gasteiger partial charge in [-0.3, -0.25) is 14.2 Å². The van der Waals surface area contributed by atoms with Crippen LogP contribution >= 0.6 is 0 Å². The van der Waals surface area contributed by atoms with Crippen LogP contribution in [0.5, 0.6) is 11.5 Å². The number of nitrogens with one attached hydrogen (secondary N) is 1. The predicted molar refractivity (Wildman–Crippen MR) is 104 cm³/mol. The maximum absolute atomic E-state index is 12.1. The van der Waals surface area contributed by atoms with Gasteiger partial charge in [-0.05, 0) is 37.3 Å². The lowest BCUT2D eigenvalue weighted by Gasteiger charge is -2.09. The molecule has 3 heterocycles. The van der Waals surface area contributed by atoms with Crippen LogP contribution in [0.1, 0.15) is 23.1 Å². The highest BCUT2D eigenvalue weighted by Gasteiger charge is 2.12. The molecule has 28 heavy (non-hydrogen) atoms. The van der Waals surface area contributed by atoms with Crippen molar-refractivity contribution in [2.75, 3.05) is 13.7 Å². The zero-order valence-electron chi connectivity index (χ0n) is 15.5. The summed E-state index contributed by atoms with van der Waals surface area (Å²) in [5, 5.41) is 12.0. The van der Waals surface area contributed by atoms with Crippen LogP contribution in [0, 0.1) is 0 Å². The van der Waals surface area contributed by atoms with Crippen molar-refractivity contribution in [1.82, 2.24) is 24.9 Å². The van der Waals surface area contributed by atoms with Crippen molar-refractivity contribution in [1.29, 1.82) is 0 Å². The molecule has 0 saturated carbocycles. The second-order valence-corrected chi connectivity index (χ2v) is 6.10. The lowest BCUT2D eigenvalue weighted by atomic mass is 10.2. The van der Waals surface area contributed by atoms with Crippen LogP contribution in [-0.4, -0.2) is 39.1 Å². The zero-order valence-corrected chi connectivity index (χ0v) is 15.5. The quantitative estimate of drug-likeness (QED) is 0.555. The van der Waals surface area contributed by atoms with Gasteiger partial charge in [-0.15, -0.1) is 10.2 Å². The van der Waals surface area contributed by atoms with Crippen LogP contribution in [0.4, 0.5) is 0 Å². The third-order valence-electron chi connectivity index (χ3n) is 4.34. The molecule has 0 aliphatic carbocycles. The number of carbonyl (C=O) groups excluding carboxylic acids is 1. The lowest BCUT2D eigenvalue weighted by molar-refractivity contribution is 0.0955. The summed E-state index contributed by atoms with van der Waals surface area (Å²) in [6.07, 6.45) is 3.40. The molecule has 0 fully saturated rings. The van der Waals surface area contributed by atoms with E-state index in [0.717, 1.165) is 16.7 Å². The molecular formula is C20H19N5O3. The number of aromatic nitrogens is 4. The first-order valence-corrected chi connectivity index (χ1v) is 8.87. The van der Waals surface area contributed by atoms with Crippen molar-refractivity contribution in [3.8, 4) is 11.5 Å². The zero-order chi connectivity index (χ0) is 19.5. The molecule has 8 nitrogen and oxygen atoms in total. The minimum atomic E-state index is -0.140. The first kappa shape index (κ1) is 17.7. The molecule has 0 bridgehead atoms. The maximum Gasteiger partial charge on any atom is 0.252 e. The van der Waals surface area contributed by atoms with Crippen molar-refractivity contribution in [2.45, 2.75) is 13.5 Å². The Kier molecular flexibility index (Phi) is 4.76. The van der Waals surface area contributed by atoms with Crippen molar-refractivity contribution in [3.63, 3.8) is 0 Å². The number of methoxy groups -OCH3 is 1. The topological polar surface area (TPSA) is 90.6 Å². The van der Waals surface area contributed by atoms with Crippen molar-refractivity contribution in [2.24, 2.45) is 0 Å². The van der Waals surface area contributed by atoms with Crippen molar-refractivity contribution >= 4 is 22.5 Å². The molecule has 0 atom stereocenters. The number of carbonyl (C=O) groups is 1. The molecule has 1 amide bonds. The Bertz CT molecular complexity index is 1160. The van der Waals surface area contributed by atoms with E-state index in [-0.39, 0.29) is 12.5 Å². The molecule has 4 aromatic rings. The molecule has 1 aromatic carbocycles. The monoisotopic (exact) mass is 377 g/mol. The normalized spacial score (nSPS) is 10.9. The summed E-state index contributed by atoms with van der Waals surface area (Å²) < 4.78 is 13.0. The van der Waals surface area contributed by atoms with Gasteiger partial charge in [0, 0.05) is 30.4 Å². The van der Waals surface area contributed by atoms with E-state index < -0.39 is 0 Å². The van der Waals surface area contributed by atoms with Crippen LogP contribution in [0.15, 0.2) is 48.8 Å². The van der Waals surface area contributed by atoms with E-state index >= 15 is 0 Å². The van der Waals surface area contributed by atoms with Gasteiger partial charge in [0.1, 0.15) is 18.1 Å². The average molecular weight is 377 g/mol. The number of fused-ring (bicyclic) bond motifs is 2. The van der Waals surface area contributed by atoms with E-state index in [1.165, 1.54) is 0 Å². The highest BCUT2D eigenvalue weighted by molar-refractivity contribution is 5.94. The fourth-order valence-corrected chi connectivity index (χ4v) is 2.93. The van der Waals surface area contributed by atoms with Gasteiger partial charge in [0.25, 0.3) is 5.91 Å². The van der Waals surface area contributed by atoms with Gasteiger partial charge in [0.15, 0.2) is 11.5 Å². The third kappa shape index (κ3) is 3.32. The van der Waals surface area contributed by atoms with Crippen LogP contribution in [-0.2, 0) is 6.61 Å². The van der Waals surface area contributed by atoms with E-state index in [2.05, 4.69) is 20.5 Å². The maximum atomic E-state index is 12.1. The molecule has 1 N–H and O–H groups in total. The third-order valence-corrected chi connectivity index (χ3v) is 4.34. The fraction of sp³-hybridized carbons (Fsp3) is 0.200. The first-order chi connectivity index (χ1) is 13.7. The molecule has 0 radical (unpaired) electrons. The SMILES string of the molecule is CCNC(=O)c1ccc2nnc(COc3ccnc4cc(OC)ccc34)n2c1. The van der Waals surface area contributed by atoms with Crippen LogP contribution < -0.4 is 14.8 Å². The molecule has 3 aromatic heterocycles. The highest BCUT2D eigenvalue weighted by atomic mass is 16.5. The summed E-state index contributed by atoms with van der Waals surface area (Å²) >= 11 is 0. The molecule has 0 spiro atoms. The summed E-state index contributed by atoms with van der Waals surface area (Å²) in [5.41, 5.74) is 1.97. The summed E-state index contributed by atoms with van der Waals surface area (Å²) in [4.78, 5) is 16.4. The number of hydrogen-bond donors (Lipinski definition) is 1. The molecule has 4 rings (SSSR count). The molecule has 142 valence electrons. The Morgan fingerprint density at radius 1 is 1.18 bits per heavy atom. The Hall–Kier alpha value is -3.68. The van der Waals surface area contributed by atoms with Gasteiger partial charge in [-0.2, -0.15) is 0 Å². The Morgan fingerprint density at radius 2 is 2.07 bits per heavy atom. The van der Waals surface area contributed by atoms with E-state index in [9.17, 15) is 4.79 Å². The summed E-state index contributed by atoms with van der Waals surface area (Å²) in [6.45, 7) is 2.64. The molecule has 0 aliphatic rings. The number of nitrogens with zero attached hydrogens (tertiary/aromatic N) is 4. The second-order valence-electron chi connectivity index (χ2n) is 6.10. The molecule has 0 aliphatic heterocycles. The smallest absolute Gasteiger partial charge is 0.252 e. The van der Waals surface area contributed by atoms with E-state index in [4.69, 9.17) is 9.47 Å². The summed E-state index contributed by atoms with van der Waals surface area (Å²) in [7, 11) is 1.62. The Balaban J connectivity index is 1.61. The number of hydrogen-bond acceptors (Lipinski definition) is 6. The fourth-order valence-electron chi connectivity index (χ4n) is 2.93. The van der Waals surface area contributed by atoms with Crippen LogP contribution in [0.2, 0.25) is 0 Å². The van der Waals surface area contributed by atoms with Gasteiger partial charge in [0.05, 0.1) is 18.2 Å². The first-order valence-electron chi connectivity index (χ1n) is 8.87. The van der Waals surface area contributed by atoms with Gasteiger partial charge >= 0.3 is 0 Å². The van der Waals surface area contributed by atoms with E-state index in [1.807, 2.05) is 25.1 Å². The molecule has 0 saturated heterocycles. The number of ether oxygens (including phenoxy) is 2. The second kappa shape index (κ2) is 7.51. The molecule has 0 unspecified atom stereocenters. The molecular weight excluding hydrogens is 358 g/mol. The highest BCUT2D eigenvalue weighted by Crippen LogP contribution is 2.27. The standard InChI is InChI=1S/C20H19N5O3/c1-3-21-20(26)13-4-7-18-23-24-19(25(18)11-13)12-28-17-8-9-22-16-10-14(27-2)5-6-15(16)17/h4-11H,3,12H2,1-2H3,(H,21,26). The van der Waals surface area contributed by atoms with Crippen molar-refractivity contribution < 1.29 is 14.3 Å². The Morgan fingerprint density at radius 3 is 2.89 bits per heavy atom. The van der Waals surface area contributed by atoms with Crippen LogP contribution in [0.3, 0.4) is 0 Å². The largest absolute Gasteiger partial charge is 0.497 e. The lowest BCUT2D eigenvalue weighted by Crippen LogP contribution is -2.23. The number of pyridine rings is 2. The van der Waals surface area contributed by atoms with Gasteiger partial charge < -0.3 is 14.8 Å². The van der Waals surface area contributed by atoms with Crippen LogP contribution in [0.25, 0.3) is 16.6 Å². The number of amides is 1. The van der Waals surface area contributed by atoms with Gasteiger partial charge in [-0.25, -0.2) is 0 Å². The van der Waals surface area contributed by atoms with E-state index in [0.29, 0.717) is 29.3 Å². The molecule has 8 heteroatoms.